The number of rotatable bonds is 3. The highest BCUT2D eigenvalue weighted by Gasteiger charge is 2.10. The van der Waals surface area contributed by atoms with Crippen LogP contribution in [0.1, 0.15) is 5.56 Å². The van der Waals surface area contributed by atoms with Crippen LogP contribution in [0.15, 0.2) is 34.8 Å². The van der Waals surface area contributed by atoms with E-state index in [-0.39, 0.29) is 16.9 Å². The van der Waals surface area contributed by atoms with Gasteiger partial charge in [0.05, 0.1) is 6.61 Å². The number of nitrogens with zero attached hydrogens (tertiary/aromatic N) is 1. The minimum Gasteiger partial charge on any atom is -0.392 e. The molecule has 2 amide bonds. The second-order valence-corrected chi connectivity index (χ2v) is 5.63. The molecule has 5 nitrogen and oxygen atoms in total. The maximum absolute atomic E-state index is 12.0. The van der Waals surface area contributed by atoms with E-state index in [2.05, 4.69) is 31.5 Å². The number of anilines is 2. The van der Waals surface area contributed by atoms with Crippen molar-refractivity contribution in [2.45, 2.75) is 6.61 Å². The maximum Gasteiger partial charge on any atom is 0.323 e. The van der Waals surface area contributed by atoms with Gasteiger partial charge in [-0.25, -0.2) is 9.78 Å². The molecule has 21 heavy (non-hydrogen) atoms. The number of amides is 2. The van der Waals surface area contributed by atoms with Crippen LogP contribution >= 0.6 is 39.1 Å². The smallest absolute Gasteiger partial charge is 0.323 e. The van der Waals surface area contributed by atoms with E-state index in [0.717, 1.165) is 0 Å². The molecule has 3 N–H and O–H groups in total. The molecule has 0 spiro atoms. The Labute approximate surface area is 139 Å². The molecule has 0 unspecified atom stereocenters. The SMILES string of the molecule is O=C(Nc1cc(Cl)nc(Cl)c1)Nc1cccc(Br)c1CO. The van der Waals surface area contributed by atoms with Crippen molar-refractivity contribution in [3.05, 3.63) is 50.7 Å². The molecule has 1 aromatic heterocycles. The largest absolute Gasteiger partial charge is 0.392 e. The summed E-state index contributed by atoms with van der Waals surface area (Å²) in [6.45, 7) is -0.204. The van der Waals surface area contributed by atoms with Crippen molar-refractivity contribution in [1.29, 1.82) is 0 Å². The van der Waals surface area contributed by atoms with Crippen LogP contribution < -0.4 is 10.6 Å². The van der Waals surface area contributed by atoms with Gasteiger partial charge in [-0.15, -0.1) is 0 Å². The molecule has 0 saturated heterocycles. The third-order valence-corrected chi connectivity index (χ3v) is 3.68. The standard InChI is InChI=1S/C13H10BrCl2N3O2/c14-9-2-1-3-10(8(9)6-20)18-13(21)17-7-4-11(15)19-12(16)5-7/h1-5,20H,6H2,(H2,17,18,19,21). The number of carbonyl (C=O) groups is 1. The molecule has 0 atom stereocenters. The van der Waals surface area contributed by atoms with E-state index in [4.69, 9.17) is 23.2 Å². The number of hydrogen-bond donors (Lipinski definition) is 3. The number of carbonyl (C=O) groups excluding carboxylic acids is 1. The normalized spacial score (nSPS) is 10.3. The van der Waals surface area contributed by atoms with Crippen LogP contribution in [-0.2, 0) is 6.61 Å². The van der Waals surface area contributed by atoms with Gasteiger partial charge in [0.1, 0.15) is 10.3 Å². The molecule has 0 radical (unpaired) electrons. The summed E-state index contributed by atoms with van der Waals surface area (Å²) in [6.07, 6.45) is 0. The first kappa shape index (κ1) is 16.0. The molecule has 8 heteroatoms. The number of halogens is 3. The second kappa shape index (κ2) is 7.09. The van der Waals surface area contributed by atoms with E-state index in [9.17, 15) is 9.90 Å². The highest BCUT2D eigenvalue weighted by Crippen LogP contribution is 2.25. The van der Waals surface area contributed by atoms with Crippen LogP contribution in [0.5, 0.6) is 0 Å². The van der Waals surface area contributed by atoms with Gasteiger partial charge in [-0.05, 0) is 24.3 Å². The lowest BCUT2D eigenvalue weighted by atomic mass is 10.2. The zero-order chi connectivity index (χ0) is 15.4. The molecule has 0 aliphatic carbocycles. The lowest BCUT2D eigenvalue weighted by Gasteiger charge is -2.12. The van der Waals surface area contributed by atoms with E-state index in [0.29, 0.717) is 21.4 Å². The summed E-state index contributed by atoms with van der Waals surface area (Å²) >= 11 is 14.8. The minimum absolute atomic E-state index is 0.177. The molecule has 110 valence electrons. The summed E-state index contributed by atoms with van der Waals surface area (Å²) in [5.74, 6) is 0. The number of hydrogen-bond acceptors (Lipinski definition) is 3. The quantitative estimate of drug-likeness (QED) is 0.684. The molecule has 0 saturated carbocycles. The van der Waals surface area contributed by atoms with E-state index < -0.39 is 6.03 Å². The van der Waals surface area contributed by atoms with Crippen LogP contribution in [0.3, 0.4) is 0 Å². The average Bonchev–Trinajstić information content (AvgIpc) is 2.37. The van der Waals surface area contributed by atoms with Crippen molar-refractivity contribution in [2.75, 3.05) is 10.6 Å². The molecule has 0 bridgehead atoms. The van der Waals surface area contributed by atoms with Crippen LogP contribution in [0, 0.1) is 0 Å². The van der Waals surface area contributed by atoms with Gasteiger partial charge in [0.25, 0.3) is 0 Å². The fraction of sp³-hybridized carbons (Fsp3) is 0.0769. The first-order valence-corrected chi connectivity index (χ1v) is 7.34. The monoisotopic (exact) mass is 389 g/mol. The molecule has 1 aromatic carbocycles. The van der Waals surface area contributed by atoms with Crippen molar-refractivity contribution in [3.8, 4) is 0 Å². The van der Waals surface area contributed by atoms with Crippen molar-refractivity contribution in [1.82, 2.24) is 4.98 Å². The Morgan fingerprint density at radius 3 is 2.52 bits per heavy atom. The maximum atomic E-state index is 12.0. The van der Waals surface area contributed by atoms with Crippen molar-refractivity contribution in [3.63, 3.8) is 0 Å². The summed E-state index contributed by atoms with van der Waals surface area (Å²) < 4.78 is 0.706. The summed E-state index contributed by atoms with van der Waals surface area (Å²) in [6, 6.07) is 7.67. The Hall–Kier alpha value is -1.34. The van der Waals surface area contributed by atoms with Crippen LogP contribution in [0.2, 0.25) is 10.3 Å². The highest BCUT2D eigenvalue weighted by atomic mass is 79.9. The number of aliphatic hydroxyl groups is 1. The third-order valence-electron chi connectivity index (χ3n) is 2.55. The number of nitrogens with one attached hydrogen (secondary N) is 2. The number of benzene rings is 1. The van der Waals surface area contributed by atoms with Gasteiger partial charge in [0.2, 0.25) is 0 Å². The van der Waals surface area contributed by atoms with E-state index in [1.54, 1.807) is 18.2 Å². The van der Waals surface area contributed by atoms with Gasteiger partial charge in [-0.2, -0.15) is 0 Å². The van der Waals surface area contributed by atoms with Crippen molar-refractivity contribution in [2.24, 2.45) is 0 Å². The van der Waals surface area contributed by atoms with Crippen molar-refractivity contribution >= 4 is 56.5 Å². The van der Waals surface area contributed by atoms with Crippen LogP contribution in [0.25, 0.3) is 0 Å². The molecular weight excluding hydrogens is 381 g/mol. The molecule has 1 heterocycles. The Balaban J connectivity index is 2.13. The number of aromatic nitrogens is 1. The minimum atomic E-state index is -0.485. The lowest BCUT2D eigenvalue weighted by molar-refractivity contribution is 0.262. The zero-order valence-electron chi connectivity index (χ0n) is 10.5. The third kappa shape index (κ3) is 4.31. The van der Waals surface area contributed by atoms with Crippen LogP contribution in [-0.4, -0.2) is 16.1 Å². The topological polar surface area (TPSA) is 74.2 Å². The molecular formula is C13H10BrCl2N3O2. The Kier molecular flexibility index (Phi) is 5.41. The number of pyridine rings is 1. The highest BCUT2D eigenvalue weighted by molar-refractivity contribution is 9.10. The first-order chi connectivity index (χ1) is 9.99. The van der Waals surface area contributed by atoms with Gasteiger partial charge in [-0.1, -0.05) is 45.2 Å². The van der Waals surface area contributed by atoms with Gasteiger partial charge >= 0.3 is 6.03 Å². The molecule has 2 rings (SSSR count). The first-order valence-electron chi connectivity index (χ1n) is 5.79. The fourth-order valence-corrected chi connectivity index (χ4v) is 2.61. The van der Waals surface area contributed by atoms with Gasteiger partial charge in [0.15, 0.2) is 0 Å². The average molecular weight is 391 g/mol. The zero-order valence-corrected chi connectivity index (χ0v) is 13.6. The Bertz CT molecular complexity index is 662. The predicted molar refractivity (Wildman–Crippen MR) is 87.0 cm³/mol. The Morgan fingerprint density at radius 1 is 1.24 bits per heavy atom. The van der Waals surface area contributed by atoms with Gasteiger partial charge < -0.3 is 15.7 Å². The predicted octanol–water partition coefficient (Wildman–Crippen LogP) is 4.29. The van der Waals surface area contributed by atoms with E-state index in [1.165, 1.54) is 12.1 Å². The fourth-order valence-electron chi connectivity index (χ4n) is 1.66. The number of urea groups is 1. The Morgan fingerprint density at radius 2 is 1.90 bits per heavy atom. The summed E-state index contributed by atoms with van der Waals surface area (Å²) in [7, 11) is 0. The van der Waals surface area contributed by atoms with Gasteiger partial charge in [-0.3, -0.25) is 0 Å². The molecule has 2 aromatic rings. The van der Waals surface area contributed by atoms with E-state index >= 15 is 0 Å². The summed E-state index contributed by atoms with van der Waals surface area (Å²) in [4.78, 5) is 15.7. The van der Waals surface area contributed by atoms with E-state index in [1.807, 2.05) is 0 Å². The number of aliphatic hydroxyl groups excluding tert-OH is 1. The van der Waals surface area contributed by atoms with Crippen LogP contribution in [0.4, 0.5) is 16.2 Å². The lowest BCUT2D eigenvalue weighted by Crippen LogP contribution is -2.20. The molecule has 0 fully saturated rings. The molecule has 0 aliphatic rings. The van der Waals surface area contributed by atoms with Crippen molar-refractivity contribution < 1.29 is 9.90 Å². The summed E-state index contributed by atoms with van der Waals surface area (Å²) in [5, 5.41) is 14.9. The van der Waals surface area contributed by atoms with Gasteiger partial charge in [0, 0.05) is 21.4 Å². The summed E-state index contributed by atoms with van der Waals surface area (Å²) in [5.41, 5.74) is 1.49. The second-order valence-electron chi connectivity index (χ2n) is 4.00. The molecule has 0 aliphatic heterocycles.